The van der Waals surface area contributed by atoms with Gasteiger partial charge in [-0.2, -0.15) is 0 Å². The van der Waals surface area contributed by atoms with Crippen LogP contribution in [0.2, 0.25) is 0 Å². The Morgan fingerprint density at radius 2 is 1.68 bits per heavy atom. The van der Waals surface area contributed by atoms with Gasteiger partial charge in [0.25, 0.3) is 5.91 Å². The molecule has 0 bridgehead atoms. The summed E-state index contributed by atoms with van der Waals surface area (Å²) >= 11 is 0. The van der Waals surface area contributed by atoms with Gasteiger partial charge < -0.3 is 10.4 Å². The van der Waals surface area contributed by atoms with Crippen molar-refractivity contribution in [1.29, 1.82) is 0 Å². The van der Waals surface area contributed by atoms with Gasteiger partial charge in [-0.15, -0.1) is 0 Å². The first-order valence-electron chi connectivity index (χ1n) is 7.47. The number of amides is 1. The number of carbonyl (C=O) groups is 1. The van der Waals surface area contributed by atoms with Gasteiger partial charge in [0, 0.05) is 17.4 Å². The predicted octanol–water partition coefficient (Wildman–Crippen LogP) is 4.29. The maximum atomic E-state index is 13.6. The molecule has 6 heteroatoms. The molecule has 0 atom stereocenters. The third-order valence-electron chi connectivity index (χ3n) is 3.73. The molecule has 2 aromatic carbocycles. The van der Waals surface area contributed by atoms with Gasteiger partial charge in [0.05, 0.1) is 5.69 Å². The van der Waals surface area contributed by atoms with Crippen molar-refractivity contribution >= 4 is 11.6 Å². The maximum Gasteiger partial charge on any atom is 0.261 e. The standard InChI is InChI=1S/C19H14F2N2O2/c1-11-17(24)9-13(10-22-11)12-5-7-14(8-6-12)23-19(25)18-15(20)3-2-4-16(18)21/h2-10,24H,1H3,(H,23,25). The molecule has 0 radical (unpaired) electrons. The second kappa shape index (κ2) is 6.68. The molecule has 3 rings (SSSR count). The SMILES string of the molecule is Cc1ncc(-c2ccc(NC(=O)c3c(F)cccc3F)cc2)cc1O. The van der Waals surface area contributed by atoms with E-state index in [1.807, 2.05) is 0 Å². The van der Waals surface area contributed by atoms with Crippen molar-refractivity contribution in [2.75, 3.05) is 5.32 Å². The largest absolute Gasteiger partial charge is 0.506 e. The van der Waals surface area contributed by atoms with Crippen LogP contribution in [0.15, 0.2) is 54.7 Å². The highest BCUT2D eigenvalue weighted by Gasteiger charge is 2.17. The number of nitrogens with one attached hydrogen (secondary N) is 1. The summed E-state index contributed by atoms with van der Waals surface area (Å²) in [6.45, 7) is 1.69. The van der Waals surface area contributed by atoms with Crippen molar-refractivity contribution in [3.63, 3.8) is 0 Å². The number of halogens is 2. The highest BCUT2D eigenvalue weighted by Crippen LogP contribution is 2.25. The van der Waals surface area contributed by atoms with Crippen molar-refractivity contribution in [3.05, 3.63) is 77.6 Å². The lowest BCUT2D eigenvalue weighted by atomic mass is 10.1. The lowest BCUT2D eigenvalue weighted by Crippen LogP contribution is -2.15. The predicted molar refractivity (Wildman–Crippen MR) is 90.4 cm³/mol. The minimum absolute atomic E-state index is 0.0879. The van der Waals surface area contributed by atoms with Crippen molar-refractivity contribution < 1.29 is 18.7 Å². The van der Waals surface area contributed by atoms with Gasteiger partial charge in [0.15, 0.2) is 0 Å². The van der Waals surface area contributed by atoms with Gasteiger partial charge in [-0.25, -0.2) is 8.78 Å². The second-order valence-electron chi connectivity index (χ2n) is 5.46. The molecule has 4 nitrogen and oxygen atoms in total. The number of aromatic nitrogens is 1. The van der Waals surface area contributed by atoms with Crippen molar-refractivity contribution in [2.45, 2.75) is 6.92 Å². The van der Waals surface area contributed by atoms with Crippen LogP contribution in [-0.2, 0) is 0 Å². The lowest BCUT2D eigenvalue weighted by molar-refractivity contribution is 0.101. The van der Waals surface area contributed by atoms with Gasteiger partial charge in [0.1, 0.15) is 22.9 Å². The van der Waals surface area contributed by atoms with E-state index in [-0.39, 0.29) is 5.75 Å². The summed E-state index contributed by atoms with van der Waals surface area (Å²) < 4.78 is 27.3. The first kappa shape index (κ1) is 16.6. The molecule has 0 fully saturated rings. The average molecular weight is 340 g/mol. The Labute approximate surface area is 142 Å². The van der Waals surface area contributed by atoms with E-state index in [2.05, 4.69) is 10.3 Å². The van der Waals surface area contributed by atoms with Crippen molar-refractivity contribution in [2.24, 2.45) is 0 Å². The summed E-state index contributed by atoms with van der Waals surface area (Å²) in [6, 6.07) is 11.5. The molecule has 0 unspecified atom stereocenters. The van der Waals surface area contributed by atoms with E-state index in [1.54, 1.807) is 43.5 Å². The summed E-state index contributed by atoms with van der Waals surface area (Å²) in [5, 5.41) is 12.2. The molecular weight excluding hydrogens is 326 g/mol. The Kier molecular flexibility index (Phi) is 4.43. The average Bonchev–Trinajstić information content (AvgIpc) is 2.58. The zero-order valence-electron chi connectivity index (χ0n) is 13.3. The lowest BCUT2D eigenvalue weighted by Gasteiger charge is -2.08. The fourth-order valence-electron chi connectivity index (χ4n) is 2.33. The van der Waals surface area contributed by atoms with E-state index in [1.165, 1.54) is 6.07 Å². The molecular formula is C19H14F2N2O2. The summed E-state index contributed by atoms with van der Waals surface area (Å²) in [7, 11) is 0. The molecule has 1 amide bonds. The molecule has 25 heavy (non-hydrogen) atoms. The monoisotopic (exact) mass is 340 g/mol. The number of aryl methyl sites for hydroxylation is 1. The highest BCUT2D eigenvalue weighted by atomic mass is 19.1. The maximum absolute atomic E-state index is 13.6. The number of hydrogen-bond donors (Lipinski definition) is 2. The van der Waals surface area contributed by atoms with Gasteiger partial charge >= 0.3 is 0 Å². The normalized spacial score (nSPS) is 10.5. The number of aromatic hydroxyl groups is 1. The van der Waals surface area contributed by atoms with Crippen LogP contribution in [0, 0.1) is 18.6 Å². The van der Waals surface area contributed by atoms with E-state index in [9.17, 15) is 18.7 Å². The van der Waals surface area contributed by atoms with Gasteiger partial charge in [-0.3, -0.25) is 9.78 Å². The Morgan fingerprint density at radius 3 is 2.28 bits per heavy atom. The number of anilines is 1. The molecule has 0 aliphatic rings. The smallest absolute Gasteiger partial charge is 0.261 e. The van der Waals surface area contributed by atoms with Crippen molar-refractivity contribution in [3.8, 4) is 16.9 Å². The summed E-state index contributed by atoms with van der Waals surface area (Å²) in [4.78, 5) is 16.1. The van der Waals surface area contributed by atoms with Gasteiger partial charge in [0.2, 0.25) is 0 Å². The number of benzene rings is 2. The van der Waals surface area contributed by atoms with Crippen LogP contribution in [-0.4, -0.2) is 16.0 Å². The summed E-state index contributed by atoms with van der Waals surface area (Å²) in [6.07, 6.45) is 1.62. The van der Waals surface area contributed by atoms with Gasteiger partial charge in [-0.05, 0) is 42.8 Å². The Balaban J connectivity index is 1.81. The van der Waals surface area contributed by atoms with E-state index >= 15 is 0 Å². The van der Waals surface area contributed by atoms with E-state index < -0.39 is 23.1 Å². The first-order chi connectivity index (χ1) is 12.0. The van der Waals surface area contributed by atoms with Crippen LogP contribution in [0.1, 0.15) is 16.1 Å². The highest BCUT2D eigenvalue weighted by molar-refractivity contribution is 6.04. The second-order valence-corrected chi connectivity index (χ2v) is 5.46. The Morgan fingerprint density at radius 1 is 1.04 bits per heavy atom. The molecule has 126 valence electrons. The molecule has 0 saturated heterocycles. The van der Waals surface area contributed by atoms with Crippen LogP contribution >= 0.6 is 0 Å². The van der Waals surface area contributed by atoms with E-state index in [4.69, 9.17) is 0 Å². The van der Waals surface area contributed by atoms with Crippen LogP contribution in [0.3, 0.4) is 0 Å². The molecule has 0 aliphatic carbocycles. The van der Waals surface area contributed by atoms with Crippen molar-refractivity contribution in [1.82, 2.24) is 4.98 Å². The molecule has 1 aromatic heterocycles. The minimum Gasteiger partial charge on any atom is -0.506 e. The van der Waals surface area contributed by atoms with E-state index in [0.717, 1.165) is 17.7 Å². The zero-order valence-corrected chi connectivity index (χ0v) is 13.3. The number of hydrogen-bond acceptors (Lipinski definition) is 3. The van der Waals surface area contributed by atoms with Crippen LogP contribution < -0.4 is 5.32 Å². The molecule has 3 aromatic rings. The topological polar surface area (TPSA) is 62.2 Å². The Bertz CT molecular complexity index is 920. The van der Waals surface area contributed by atoms with Crippen LogP contribution in [0.4, 0.5) is 14.5 Å². The summed E-state index contributed by atoms with van der Waals surface area (Å²) in [5.41, 5.74) is 1.78. The van der Waals surface area contributed by atoms with Crippen LogP contribution in [0.5, 0.6) is 5.75 Å². The molecule has 0 spiro atoms. The van der Waals surface area contributed by atoms with Gasteiger partial charge in [-0.1, -0.05) is 18.2 Å². The third kappa shape index (κ3) is 3.47. The number of pyridine rings is 1. The number of rotatable bonds is 3. The molecule has 1 heterocycles. The fourth-order valence-corrected chi connectivity index (χ4v) is 2.33. The van der Waals surface area contributed by atoms with Crippen LogP contribution in [0.25, 0.3) is 11.1 Å². The zero-order chi connectivity index (χ0) is 18.0. The number of carbonyl (C=O) groups excluding carboxylic acids is 1. The Hall–Kier alpha value is -3.28. The third-order valence-corrected chi connectivity index (χ3v) is 3.73. The fraction of sp³-hybridized carbons (Fsp3) is 0.0526. The quantitative estimate of drug-likeness (QED) is 0.747. The molecule has 0 aliphatic heterocycles. The minimum atomic E-state index is -0.921. The first-order valence-corrected chi connectivity index (χ1v) is 7.47. The van der Waals surface area contributed by atoms with E-state index in [0.29, 0.717) is 16.9 Å². The number of nitrogens with zero attached hydrogens (tertiary/aromatic N) is 1. The summed E-state index contributed by atoms with van der Waals surface area (Å²) in [5.74, 6) is -2.62. The molecule has 0 saturated carbocycles. The molecule has 2 N–H and O–H groups in total.